The number of thiophene rings is 1. The summed E-state index contributed by atoms with van der Waals surface area (Å²) in [5, 5.41) is 1.72. The number of amides is 1. The molecule has 0 bridgehead atoms. The lowest BCUT2D eigenvalue weighted by Gasteiger charge is -2.34. The van der Waals surface area contributed by atoms with Gasteiger partial charge in [-0.3, -0.25) is 4.79 Å². The second kappa shape index (κ2) is 7.73. The van der Waals surface area contributed by atoms with E-state index in [1.165, 1.54) is 39.9 Å². The first-order valence-corrected chi connectivity index (χ1v) is 10.4. The van der Waals surface area contributed by atoms with Crippen molar-refractivity contribution in [2.24, 2.45) is 0 Å². The standard InChI is InChI=1S/C17H19FN2O4S2/c1-13(24-15-6-4-14(18)5-7-15)17(21)19-8-10-20(11-9-19)26(22,23)16-3-2-12-25-16/h2-7,12-13H,8-11H2,1H3/t13-/m1/s1. The van der Waals surface area contributed by atoms with Crippen molar-refractivity contribution in [3.8, 4) is 5.75 Å². The first-order chi connectivity index (χ1) is 12.4. The van der Waals surface area contributed by atoms with Crippen LogP contribution in [0.5, 0.6) is 5.75 Å². The summed E-state index contributed by atoms with van der Waals surface area (Å²) in [4.78, 5) is 14.1. The Bertz CT molecular complexity index is 845. The molecule has 1 aromatic carbocycles. The summed E-state index contributed by atoms with van der Waals surface area (Å²) >= 11 is 1.18. The molecule has 1 saturated heterocycles. The van der Waals surface area contributed by atoms with Crippen molar-refractivity contribution in [1.82, 2.24) is 9.21 Å². The summed E-state index contributed by atoms with van der Waals surface area (Å²) in [6.45, 7) is 2.73. The highest BCUT2D eigenvalue weighted by Gasteiger charge is 2.32. The zero-order valence-corrected chi connectivity index (χ0v) is 15.8. The van der Waals surface area contributed by atoms with E-state index < -0.39 is 16.1 Å². The molecular formula is C17H19FN2O4S2. The van der Waals surface area contributed by atoms with E-state index in [9.17, 15) is 17.6 Å². The third-order valence-corrected chi connectivity index (χ3v) is 7.39. The van der Waals surface area contributed by atoms with E-state index in [0.717, 1.165) is 0 Å². The van der Waals surface area contributed by atoms with Crippen molar-refractivity contribution < 1.29 is 22.3 Å². The topological polar surface area (TPSA) is 66.9 Å². The summed E-state index contributed by atoms with van der Waals surface area (Å²) < 4.78 is 45.2. The quantitative estimate of drug-likeness (QED) is 0.774. The van der Waals surface area contributed by atoms with Crippen LogP contribution in [0.1, 0.15) is 6.92 Å². The molecule has 6 nitrogen and oxygen atoms in total. The fourth-order valence-electron chi connectivity index (χ4n) is 2.71. The summed E-state index contributed by atoms with van der Waals surface area (Å²) in [6.07, 6.45) is -0.735. The monoisotopic (exact) mass is 398 g/mol. The molecule has 1 aliphatic heterocycles. The molecule has 0 spiro atoms. The Morgan fingerprint density at radius 2 is 1.81 bits per heavy atom. The third kappa shape index (κ3) is 4.05. The van der Waals surface area contributed by atoms with E-state index in [2.05, 4.69) is 0 Å². The number of carbonyl (C=O) groups is 1. The molecule has 0 saturated carbocycles. The number of nitrogens with zero attached hydrogens (tertiary/aromatic N) is 2. The van der Waals surface area contributed by atoms with Crippen LogP contribution in [-0.2, 0) is 14.8 Å². The first kappa shape index (κ1) is 18.8. The van der Waals surface area contributed by atoms with Crippen molar-refractivity contribution in [3.63, 3.8) is 0 Å². The lowest BCUT2D eigenvalue weighted by Crippen LogP contribution is -2.53. The maximum Gasteiger partial charge on any atom is 0.263 e. The highest BCUT2D eigenvalue weighted by molar-refractivity contribution is 7.91. The van der Waals surface area contributed by atoms with Crippen molar-refractivity contribution in [2.75, 3.05) is 26.2 Å². The molecule has 1 amide bonds. The number of benzene rings is 1. The first-order valence-electron chi connectivity index (χ1n) is 8.12. The van der Waals surface area contributed by atoms with E-state index in [0.29, 0.717) is 23.0 Å². The molecule has 0 N–H and O–H groups in total. The minimum absolute atomic E-state index is 0.220. The van der Waals surface area contributed by atoms with E-state index in [1.807, 2.05) is 0 Å². The normalized spacial score (nSPS) is 17.1. The largest absolute Gasteiger partial charge is 0.481 e. The number of rotatable bonds is 5. The zero-order chi connectivity index (χ0) is 18.7. The number of carbonyl (C=O) groups excluding carboxylic acids is 1. The van der Waals surface area contributed by atoms with Gasteiger partial charge in [0.05, 0.1) is 0 Å². The van der Waals surface area contributed by atoms with Crippen LogP contribution in [0.25, 0.3) is 0 Å². The fourth-order valence-corrected chi connectivity index (χ4v) is 5.28. The Hall–Kier alpha value is -1.97. The second-order valence-corrected chi connectivity index (χ2v) is 8.99. The minimum atomic E-state index is -3.49. The Labute approximate surface area is 155 Å². The van der Waals surface area contributed by atoms with Crippen LogP contribution < -0.4 is 4.74 Å². The summed E-state index contributed by atoms with van der Waals surface area (Å²) in [6, 6.07) is 8.73. The van der Waals surface area contributed by atoms with Crippen LogP contribution in [-0.4, -0.2) is 55.8 Å². The number of hydrogen-bond acceptors (Lipinski definition) is 5. The molecule has 1 aliphatic rings. The SMILES string of the molecule is C[C@@H](Oc1ccc(F)cc1)C(=O)N1CCN(S(=O)(=O)c2cccs2)CC1. The van der Waals surface area contributed by atoms with Gasteiger partial charge in [0, 0.05) is 26.2 Å². The maximum atomic E-state index is 12.9. The lowest BCUT2D eigenvalue weighted by atomic mass is 10.2. The molecule has 3 rings (SSSR count). The molecule has 9 heteroatoms. The molecule has 140 valence electrons. The Kier molecular flexibility index (Phi) is 5.59. The maximum absolute atomic E-state index is 12.9. The molecule has 1 atom stereocenters. The minimum Gasteiger partial charge on any atom is -0.481 e. The van der Waals surface area contributed by atoms with Gasteiger partial charge in [0.1, 0.15) is 15.8 Å². The third-order valence-electron chi connectivity index (χ3n) is 4.11. The Morgan fingerprint density at radius 1 is 1.15 bits per heavy atom. The Morgan fingerprint density at radius 3 is 2.38 bits per heavy atom. The molecule has 2 aromatic rings. The number of piperazine rings is 1. The molecular weight excluding hydrogens is 379 g/mol. The van der Waals surface area contributed by atoms with Gasteiger partial charge in [0.25, 0.3) is 15.9 Å². The Balaban J connectivity index is 1.57. The van der Waals surface area contributed by atoms with Crippen molar-refractivity contribution in [1.29, 1.82) is 0 Å². The molecule has 26 heavy (non-hydrogen) atoms. The number of ether oxygens (including phenoxy) is 1. The second-order valence-electron chi connectivity index (χ2n) is 5.88. The van der Waals surface area contributed by atoms with Crippen LogP contribution in [0.15, 0.2) is 46.0 Å². The lowest BCUT2D eigenvalue weighted by molar-refractivity contribution is -0.139. The molecule has 0 aliphatic carbocycles. The van der Waals surface area contributed by atoms with Crippen LogP contribution >= 0.6 is 11.3 Å². The summed E-state index contributed by atoms with van der Waals surface area (Å²) in [7, 11) is -3.49. The smallest absolute Gasteiger partial charge is 0.263 e. The van der Waals surface area contributed by atoms with Crippen LogP contribution in [0, 0.1) is 5.82 Å². The van der Waals surface area contributed by atoms with Crippen LogP contribution in [0.3, 0.4) is 0 Å². The van der Waals surface area contributed by atoms with Gasteiger partial charge in [-0.1, -0.05) is 6.07 Å². The van der Waals surface area contributed by atoms with Crippen LogP contribution in [0.4, 0.5) is 4.39 Å². The number of halogens is 1. The van der Waals surface area contributed by atoms with Gasteiger partial charge in [-0.2, -0.15) is 4.31 Å². The van der Waals surface area contributed by atoms with Gasteiger partial charge < -0.3 is 9.64 Å². The van der Waals surface area contributed by atoms with Gasteiger partial charge in [-0.15, -0.1) is 11.3 Å². The average Bonchev–Trinajstić information content (AvgIpc) is 3.18. The van der Waals surface area contributed by atoms with Gasteiger partial charge >= 0.3 is 0 Å². The zero-order valence-electron chi connectivity index (χ0n) is 14.2. The number of hydrogen-bond donors (Lipinski definition) is 0. The predicted octanol–water partition coefficient (Wildman–Crippen LogP) is 2.19. The fraction of sp³-hybridized carbons (Fsp3) is 0.353. The van der Waals surface area contributed by atoms with Crippen LogP contribution in [0.2, 0.25) is 0 Å². The molecule has 0 unspecified atom stereocenters. The van der Waals surface area contributed by atoms with E-state index in [4.69, 9.17) is 4.74 Å². The van der Waals surface area contributed by atoms with Crippen molar-refractivity contribution in [3.05, 3.63) is 47.6 Å². The highest BCUT2D eigenvalue weighted by Crippen LogP contribution is 2.22. The number of sulfonamides is 1. The van der Waals surface area contributed by atoms with Gasteiger partial charge in [0.2, 0.25) is 0 Å². The highest BCUT2D eigenvalue weighted by atomic mass is 32.2. The average molecular weight is 398 g/mol. The summed E-state index contributed by atoms with van der Waals surface area (Å²) in [5.74, 6) is -0.187. The van der Waals surface area contributed by atoms with E-state index in [1.54, 1.807) is 29.3 Å². The van der Waals surface area contributed by atoms with Gasteiger partial charge in [-0.25, -0.2) is 12.8 Å². The van der Waals surface area contributed by atoms with Crippen molar-refractivity contribution >= 4 is 27.3 Å². The van der Waals surface area contributed by atoms with E-state index in [-0.39, 0.29) is 24.8 Å². The molecule has 0 radical (unpaired) electrons. The predicted molar refractivity (Wildman–Crippen MR) is 96.1 cm³/mol. The summed E-state index contributed by atoms with van der Waals surface area (Å²) in [5.41, 5.74) is 0. The molecule has 1 fully saturated rings. The van der Waals surface area contributed by atoms with Gasteiger partial charge in [-0.05, 0) is 42.6 Å². The van der Waals surface area contributed by atoms with Gasteiger partial charge in [0.15, 0.2) is 6.10 Å². The molecule has 1 aromatic heterocycles. The van der Waals surface area contributed by atoms with E-state index >= 15 is 0 Å². The molecule has 2 heterocycles. The van der Waals surface area contributed by atoms with Crippen molar-refractivity contribution in [2.45, 2.75) is 17.2 Å².